The largest absolute Gasteiger partial charge is 0.469 e. The monoisotopic (exact) mass is 573 g/mol. The summed E-state index contributed by atoms with van der Waals surface area (Å²) < 4.78 is 10.2. The molecule has 0 spiro atoms. The minimum atomic E-state index is -1.15. The second-order valence-electron chi connectivity index (χ2n) is 12.0. The van der Waals surface area contributed by atoms with E-state index in [0.717, 1.165) is 37.7 Å². The lowest BCUT2D eigenvalue weighted by Crippen LogP contribution is -2.52. The van der Waals surface area contributed by atoms with Crippen LogP contribution in [0.25, 0.3) is 6.08 Å². The van der Waals surface area contributed by atoms with Gasteiger partial charge >= 0.3 is 11.9 Å². The van der Waals surface area contributed by atoms with Gasteiger partial charge in [0.25, 0.3) is 0 Å². The molecular weight excluding hydrogens is 526 g/mol. The number of aryl methyl sites for hydroxylation is 1. The van der Waals surface area contributed by atoms with Gasteiger partial charge in [-0.1, -0.05) is 73.5 Å². The number of benzene rings is 2. The first kappa shape index (κ1) is 31.5. The van der Waals surface area contributed by atoms with Crippen molar-refractivity contribution in [3.8, 4) is 0 Å². The van der Waals surface area contributed by atoms with Gasteiger partial charge in [0.05, 0.1) is 26.6 Å². The fraction of sp³-hybridized carbons (Fsp3) is 0.514. The molecule has 0 aromatic heterocycles. The molecule has 3 atom stereocenters. The summed E-state index contributed by atoms with van der Waals surface area (Å²) in [6.45, 7) is 0. The molecule has 0 amide bonds. The van der Waals surface area contributed by atoms with Gasteiger partial charge < -0.3 is 19.3 Å². The number of aliphatic imine (C=N–C) groups is 1. The molecule has 1 fully saturated rings. The fourth-order valence-electron chi connectivity index (χ4n) is 6.87. The summed E-state index contributed by atoms with van der Waals surface area (Å²) in [5.74, 6) is 0.361. The first-order valence-electron chi connectivity index (χ1n) is 15.3. The molecule has 0 bridgehead atoms. The maximum atomic E-state index is 13.4. The van der Waals surface area contributed by atoms with Crippen molar-refractivity contribution in [2.75, 3.05) is 28.3 Å². The predicted octanol–water partition coefficient (Wildman–Crippen LogP) is 5.99. The zero-order chi connectivity index (χ0) is 30.0. The average Bonchev–Trinajstić information content (AvgIpc) is 3.37. The van der Waals surface area contributed by atoms with Crippen LogP contribution < -0.4 is 0 Å². The van der Waals surface area contributed by atoms with Gasteiger partial charge in [0.2, 0.25) is 0 Å². The summed E-state index contributed by atoms with van der Waals surface area (Å²) in [5.41, 5.74) is 1.32. The van der Waals surface area contributed by atoms with Crippen LogP contribution in [-0.4, -0.2) is 74.0 Å². The highest BCUT2D eigenvalue weighted by molar-refractivity contribution is 5.87. The predicted molar refractivity (Wildman–Crippen MR) is 168 cm³/mol. The van der Waals surface area contributed by atoms with E-state index in [4.69, 9.17) is 14.5 Å². The molecule has 2 aromatic carbocycles. The number of hydrogen-bond acceptors (Lipinski definition) is 7. The van der Waals surface area contributed by atoms with E-state index in [2.05, 4.69) is 54.2 Å². The standard InChI is InChI=1S/C35H47N3O4/c1-37(2)31(20-17-27-11-7-5-8-12-27)30-18-15-29(16-19-30)25-32-35(34(40)42-4,23-21-33(39)41-3)36-26-38(32)24-22-28-13-9-6-10-14-28/h5-14,22,24,26,29-32H,15-21,23,25H2,1-4H3. The van der Waals surface area contributed by atoms with E-state index in [0.29, 0.717) is 17.9 Å². The first-order chi connectivity index (χ1) is 20.4. The van der Waals surface area contributed by atoms with Crippen LogP contribution in [0.15, 0.2) is 71.9 Å². The molecule has 1 aliphatic carbocycles. The van der Waals surface area contributed by atoms with Gasteiger partial charge in [-0.05, 0) is 81.7 Å². The van der Waals surface area contributed by atoms with Crippen molar-refractivity contribution in [3.05, 3.63) is 78.0 Å². The van der Waals surface area contributed by atoms with Crippen molar-refractivity contribution in [2.24, 2.45) is 16.8 Å². The van der Waals surface area contributed by atoms with Gasteiger partial charge in [-0.15, -0.1) is 0 Å². The van der Waals surface area contributed by atoms with Crippen LogP contribution in [0.1, 0.15) is 62.5 Å². The zero-order valence-corrected chi connectivity index (χ0v) is 25.7. The van der Waals surface area contributed by atoms with Crippen molar-refractivity contribution in [1.29, 1.82) is 0 Å². The Labute approximate surface area is 251 Å². The molecule has 1 heterocycles. The molecule has 0 saturated heterocycles. The highest BCUT2D eigenvalue weighted by atomic mass is 16.5. The number of carbonyl (C=O) groups is 2. The van der Waals surface area contributed by atoms with Gasteiger partial charge in [0.15, 0.2) is 5.54 Å². The summed E-state index contributed by atoms with van der Waals surface area (Å²) in [6.07, 6.45) is 13.8. The maximum absolute atomic E-state index is 13.4. The Kier molecular flexibility index (Phi) is 11.4. The molecule has 3 unspecified atom stereocenters. The summed E-state index contributed by atoms with van der Waals surface area (Å²) in [6, 6.07) is 21.2. The third-order valence-electron chi connectivity index (χ3n) is 9.28. The number of carbonyl (C=O) groups excluding carboxylic acids is 2. The number of esters is 2. The van der Waals surface area contributed by atoms with Gasteiger partial charge in [0.1, 0.15) is 0 Å². The van der Waals surface area contributed by atoms with Crippen molar-refractivity contribution >= 4 is 24.4 Å². The minimum absolute atomic E-state index is 0.106. The first-order valence-corrected chi connectivity index (χ1v) is 15.3. The van der Waals surface area contributed by atoms with Crippen molar-refractivity contribution in [1.82, 2.24) is 9.80 Å². The Hall–Kier alpha value is -3.45. The van der Waals surface area contributed by atoms with E-state index in [9.17, 15) is 9.59 Å². The lowest BCUT2D eigenvalue weighted by atomic mass is 9.72. The average molecular weight is 574 g/mol. The second-order valence-corrected chi connectivity index (χ2v) is 12.0. The molecule has 226 valence electrons. The Morgan fingerprint density at radius 2 is 1.67 bits per heavy atom. The quantitative estimate of drug-likeness (QED) is 0.274. The van der Waals surface area contributed by atoms with Crippen LogP contribution in [0.4, 0.5) is 0 Å². The van der Waals surface area contributed by atoms with E-state index in [1.165, 1.54) is 32.6 Å². The van der Waals surface area contributed by atoms with Crippen LogP contribution >= 0.6 is 0 Å². The van der Waals surface area contributed by atoms with Crippen LogP contribution in [0.3, 0.4) is 0 Å². The SMILES string of the molecule is COC(=O)CCC1(C(=O)OC)N=CN(C=Cc2ccccc2)C1CC1CCC(C(CCc2ccccc2)N(C)C)CC1. The Balaban J connectivity index is 1.48. The van der Waals surface area contributed by atoms with E-state index in [-0.39, 0.29) is 24.9 Å². The van der Waals surface area contributed by atoms with E-state index in [1.807, 2.05) is 42.6 Å². The van der Waals surface area contributed by atoms with Gasteiger partial charge in [-0.25, -0.2) is 4.79 Å². The van der Waals surface area contributed by atoms with E-state index in [1.54, 1.807) is 6.34 Å². The second kappa shape index (κ2) is 15.1. The molecule has 7 heteroatoms. The highest BCUT2D eigenvalue weighted by Crippen LogP contribution is 2.41. The number of nitrogens with zero attached hydrogens (tertiary/aromatic N) is 3. The molecule has 4 rings (SSSR count). The van der Waals surface area contributed by atoms with Gasteiger partial charge in [0, 0.05) is 18.7 Å². The molecule has 42 heavy (non-hydrogen) atoms. The Morgan fingerprint density at radius 3 is 2.29 bits per heavy atom. The minimum Gasteiger partial charge on any atom is -0.469 e. The van der Waals surface area contributed by atoms with Gasteiger partial charge in [-0.3, -0.25) is 9.79 Å². The molecule has 1 saturated carbocycles. The maximum Gasteiger partial charge on any atom is 0.336 e. The van der Waals surface area contributed by atoms with Crippen molar-refractivity contribution < 1.29 is 19.1 Å². The normalized spacial score (nSPS) is 24.7. The summed E-state index contributed by atoms with van der Waals surface area (Å²) in [5, 5.41) is 0. The lowest BCUT2D eigenvalue weighted by molar-refractivity contribution is -0.150. The highest BCUT2D eigenvalue weighted by Gasteiger charge is 2.52. The number of rotatable bonds is 13. The molecule has 7 nitrogen and oxygen atoms in total. The number of hydrogen-bond donors (Lipinski definition) is 0. The summed E-state index contributed by atoms with van der Waals surface area (Å²) in [4.78, 5) is 34.7. The Bertz CT molecular complexity index is 1190. The number of methoxy groups -OCH3 is 2. The zero-order valence-electron chi connectivity index (χ0n) is 25.7. The molecule has 0 N–H and O–H groups in total. The van der Waals surface area contributed by atoms with Crippen LogP contribution in [0.2, 0.25) is 0 Å². The molecule has 0 radical (unpaired) electrons. The molecular formula is C35H47N3O4. The fourth-order valence-corrected chi connectivity index (χ4v) is 6.87. The third kappa shape index (κ3) is 7.88. The lowest BCUT2D eigenvalue weighted by Gasteiger charge is -2.40. The summed E-state index contributed by atoms with van der Waals surface area (Å²) >= 11 is 0. The third-order valence-corrected chi connectivity index (χ3v) is 9.28. The van der Waals surface area contributed by atoms with E-state index >= 15 is 0 Å². The van der Waals surface area contributed by atoms with Crippen molar-refractivity contribution in [3.63, 3.8) is 0 Å². The topological polar surface area (TPSA) is 71.4 Å². The summed E-state index contributed by atoms with van der Waals surface area (Å²) in [7, 11) is 7.19. The Morgan fingerprint density at radius 1 is 1.00 bits per heavy atom. The van der Waals surface area contributed by atoms with Crippen LogP contribution in [-0.2, 0) is 25.5 Å². The molecule has 2 aliphatic rings. The van der Waals surface area contributed by atoms with Crippen LogP contribution in [0.5, 0.6) is 0 Å². The van der Waals surface area contributed by atoms with Crippen LogP contribution in [0, 0.1) is 11.8 Å². The number of ether oxygens (including phenoxy) is 2. The van der Waals surface area contributed by atoms with Gasteiger partial charge in [-0.2, -0.15) is 0 Å². The molecule has 1 aliphatic heterocycles. The van der Waals surface area contributed by atoms with Crippen molar-refractivity contribution in [2.45, 2.75) is 75.4 Å². The molecule has 2 aromatic rings. The smallest absolute Gasteiger partial charge is 0.336 e. The van der Waals surface area contributed by atoms with E-state index < -0.39 is 11.5 Å².